The number of rotatable bonds is 5. The van der Waals surface area contributed by atoms with Crippen LogP contribution in [0, 0.1) is 0 Å². The van der Waals surface area contributed by atoms with E-state index in [1.807, 2.05) is 0 Å². The quantitative estimate of drug-likeness (QED) is 0.535. The Balaban J connectivity index is 1.52. The lowest BCUT2D eigenvalue weighted by atomic mass is 9.97. The zero-order valence-electron chi connectivity index (χ0n) is 9.73. The summed E-state index contributed by atoms with van der Waals surface area (Å²) in [6.45, 7) is 3.55. The molecule has 0 aromatic rings. The van der Waals surface area contributed by atoms with E-state index in [-0.39, 0.29) is 0 Å². The third-order valence-corrected chi connectivity index (χ3v) is 3.56. The Morgan fingerprint density at radius 1 is 1.33 bits per heavy atom. The van der Waals surface area contributed by atoms with E-state index in [1.165, 1.54) is 58.0 Å². The van der Waals surface area contributed by atoms with Gasteiger partial charge in [0.2, 0.25) is 0 Å². The van der Waals surface area contributed by atoms with Crippen molar-refractivity contribution in [1.82, 2.24) is 10.6 Å². The fraction of sp³-hybridized carbons (Fsp3) is 0.846. The number of hydrogen-bond donors (Lipinski definition) is 2. The van der Waals surface area contributed by atoms with Gasteiger partial charge < -0.3 is 10.6 Å². The lowest BCUT2D eigenvalue weighted by Crippen LogP contribution is -2.34. The van der Waals surface area contributed by atoms with E-state index in [1.54, 1.807) is 5.57 Å². The third kappa shape index (κ3) is 3.96. The molecule has 2 rings (SSSR count). The maximum atomic E-state index is 3.57. The molecule has 86 valence electrons. The monoisotopic (exact) mass is 208 g/mol. The molecule has 2 nitrogen and oxygen atoms in total. The molecule has 1 heterocycles. The van der Waals surface area contributed by atoms with Crippen LogP contribution in [-0.2, 0) is 0 Å². The van der Waals surface area contributed by atoms with Crippen molar-refractivity contribution < 1.29 is 0 Å². The first-order chi connectivity index (χ1) is 7.45. The van der Waals surface area contributed by atoms with E-state index in [4.69, 9.17) is 0 Å². The summed E-state index contributed by atoms with van der Waals surface area (Å²) < 4.78 is 0. The van der Waals surface area contributed by atoms with Gasteiger partial charge in [0.25, 0.3) is 0 Å². The molecular formula is C13H24N2. The third-order valence-electron chi connectivity index (χ3n) is 3.56. The highest BCUT2D eigenvalue weighted by atomic mass is 15.0. The highest BCUT2D eigenvalue weighted by Gasteiger charge is 2.12. The minimum absolute atomic E-state index is 0.741. The van der Waals surface area contributed by atoms with Crippen LogP contribution in [0.1, 0.15) is 44.9 Å². The van der Waals surface area contributed by atoms with Crippen molar-refractivity contribution in [2.24, 2.45) is 0 Å². The maximum absolute atomic E-state index is 3.57. The molecule has 1 aliphatic carbocycles. The van der Waals surface area contributed by atoms with E-state index in [0.717, 1.165) is 12.6 Å². The van der Waals surface area contributed by atoms with Gasteiger partial charge in [0, 0.05) is 12.6 Å². The molecule has 1 unspecified atom stereocenters. The zero-order chi connectivity index (χ0) is 10.3. The van der Waals surface area contributed by atoms with Crippen LogP contribution in [0.25, 0.3) is 0 Å². The summed E-state index contributed by atoms with van der Waals surface area (Å²) in [5, 5.41) is 7.09. The molecule has 0 saturated carbocycles. The van der Waals surface area contributed by atoms with Gasteiger partial charge in [-0.05, 0) is 58.0 Å². The van der Waals surface area contributed by atoms with Crippen molar-refractivity contribution in [1.29, 1.82) is 0 Å². The van der Waals surface area contributed by atoms with Crippen LogP contribution in [-0.4, -0.2) is 25.7 Å². The molecule has 0 radical (unpaired) electrons. The van der Waals surface area contributed by atoms with Crippen LogP contribution >= 0.6 is 0 Å². The van der Waals surface area contributed by atoms with E-state index in [0.29, 0.717) is 0 Å². The van der Waals surface area contributed by atoms with E-state index >= 15 is 0 Å². The summed E-state index contributed by atoms with van der Waals surface area (Å²) in [5.41, 5.74) is 1.69. The lowest BCUT2D eigenvalue weighted by Gasteiger charge is -2.14. The number of allylic oxidation sites excluding steroid dienone is 1. The highest BCUT2D eigenvalue weighted by molar-refractivity contribution is 5.05. The van der Waals surface area contributed by atoms with Crippen molar-refractivity contribution >= 4 is 0 Å². The van der Waals surface area contributed by atoms with E-state index in [9.17, 15) is 0 Å². The van der Waals surface area contributed by atoms with Crippen LogP contribution in [0.5, 0.6) is 0 Å². The molecule has 15 heavy (non-hydrogen) atoms. The average molecular weight is 208 g/mol. The van der Waals surface area contributed by atoms with Crippen LogP contribution in [0.15, 0.2) is 11.6 Å². The maximum Gasteiger partial charge on any atom is 0.0192 e. The lowest BCUT2D eigenvalue weighted by molar-refractivity contribution is 0.532. The van der Waals surface area contributed by atoms with Crippen molar-refractivity contribution in [3.63, 3.8) is 0 Å². The molecule has 2 aliphatic rings. The Bertz CT molecular complexity index is 205. The first kappa shape index (κ1) is 11.2. The van der Waals surface area contributed by atoms with Crippen LogP contribution in [0.3, 0.4) is 0 Å². The van der Waals surface area contributed by atoms with Gasteiger partial charge in [0.1, 0.15) is 0 Å². The van der Waals surface area contributed by atoms with Crippen LogP contribution in [0.4, 0.5) is 0 Å². The zero-order valence-corrected chi connectivity index (χ0v) is 9.73. The Hall–Kier alpha value is -0.340. The first-order valence-corrected chi connectivity index (χ1v) is 6.57. The molecule has 2 N–H and O–H groups in total. The molecule has 0 amide bonds. The smallest absolute Gasteiger partial charge is 0.0192 e. The minimum Gasteiger partial charge on any atom is -0.315 e. The van der Waals surface area contributed by atoms with Gasteiger partial charge >= 0.3 is 0 Å². The number of nitrogens with one attached hydrogen (secondary N) is 2. The van der Waals surface area contributed by atoms with Crippen LogP contribution in [0.2, 0.25) is 0 Å². The largest absolute Gasteiger partial charge is 0.315 e. The van der Waals surface area contributed by atoms with Crippen molar-refractivity contribution in [3.8, 4) is 0 Å². The summed E-state index contributed by atoms with van der Waals surface area (Å²) in [4.78, 5) is 0. The normalized spacial score (nSPS) is 26.7. The van der Waals surface area contributed by atoms with Gasteiger partial charge in [-0.25, -0.2) is 0 Å². The summed E-state index contributed by atoms with van der Waals surface area (Å²) in [6, 6.07) is 0.741. The number of hydrogen-bond acceptors (Lipinski definition) is 2. The minimum atomic E-state index is 0.741. The Kier molecular flexibility index (Phi) is 4.68. The molecule has 1 saturated heterocycles. The second-order valence-corrected chi connectivity index (χ2v) is 4.86. The van der Waals surface area contributed by atoms with E-state index < -0.39 is 0 Å². The molecule has 0 spiro atoms. The van der Waals surface area contributed by atoms with E-state index in [2.05, 4.69) is 16.7 Å². The predicted octanol–water partition coefficient (Wildman–Crippen LogP) is 2.22. The predicted molar refractivity (Wildman–Crippen MR) is 65.1 cm³/mol. The van der Waals surface area contributed by atoms with Crippen molar-refractivity contribution in [3.05, 3.63) is 11.6 Å². The van der Waals surface area contributed by atoms with Gasteiger partial charge in [-0.1, -0.05) is 11.6 Å². The van der Waals surface area contributed by atoms with Gasteiger partial charge in [-0.15, -0.1) is 0 Å². The topological polar surface area (TPSA) is 24.1 Å². The standard InChI is InChI=1S/C13H24N2/c1-2-5-12(6-3-1)8-10-14-11-13-7-4-9-15-13/h5,13-15H,1-4,6-11H2. The Labute approximate surface area is 93.5 Å². The first-order valence-electron chi connectivity index (χ1n) is 6.57. The van der Waals surface area contributed by atoms with Gasteiger partial charge in [0.15, 0.2) is 0 Å². The molecule has 1 aliphatic heterocycles. The molecule has 2 heteroatoms. The van der Waals surface area contributed by atoms with Crippen molar-refractivity contribution in [2.45, 2.75) is 51.0 Å². The molecular weight excluding hydrogens is 184 g/mol. The second-order valence-electron chi connectivity index (χ2n) is 4.86. The molecule has 0 aromatic heterocycles. The highest BCUT2D eigenvalue weighted by Crippen LogP contribution is 2.19. The van der Waals surface area contributed by atoms with Crippen LogP contribution < -0.4 is 10.6 Å². The fourth-order valence-electron chi connectivity index (χ4n) is 2.59. The molecule has 0 aromatic carbocycles. The summed E-state index contributed by atoms with van der Waals surface area (Å²) >= 11 is 0. The SMILES string of the molecule is C1=C(CCNCC2CCCN2)CCCC1. The molecule has 1 atom stereocenters. The summed E-state index contributed by atoms with van der Waals surface area (Å²) in [5.74, 6) is 0. The Morgan fingerprint density at radius 2 is 2.33 bits per heavy atom. The van der Waals surface area contributed by atoms with Gasteiger partial charge in [-0.2, -0.15) is 0 Å². The molecule has 0 bridgehead atoms. The Morgan fingerprint density at radius 3 is 3.07 bits per heavy atom. The summed E-state index contributed by atoms with van der Waals surface area (Å²) in [6.07, 6.45) is 11.9. The summed E-state index contributed by atoms with van der Waals surface area (Å²) in [7, 11) is 0. The molecule has 1 fully saturated rings. The average Bonchev–Trinajstić information content (AvgIpc) is 2.79. The van der Waals surface area contributed by atoms with Gasteiger partial charge in [0.05, 0.1) is 0 Å². The van der Waals surface area contributed by atoms with Crippen molar-refractivity contribution in [2.75, 3.05) is 19.6 Å². The van der Waals surface area contributed by atoms with Gasteiger partial charge in [-0.3, -0.25) is 0 Å². The fourth-order valence-corrected chi connectivity index (χ4v) is 2.59. The second kappa shape index (κ2) is 6.29.